The predicted molar refractivity (Wildman–Crippen MR) is 89.9 cm³/mol. The molecule has 0 aliphatic rings. The molecule has 0 bridgehead atoms. The van der Waals surface area contributed by atoms with Crippen molar-refractivity contribution in [1.82, 2.24) is 0 Å². The molecule has 0 saturated carbocycles. The van der Waals surface area contributed by atoms with Gasteiger partial charge in [0.1, 0.15) is 18.2 Å². The van der Waals surface area contributed by atoms with Gasteiger partial charge in [0.15, 0.2) is 5.71 Å². The highest BCUT2D eigenvalue weighted by atomic mass is 16.3. The quantitative estimate of drug-likeness (QED) is 0.472. The third-order valence-corrected chi connectivity index (χ3v) is 3.99. The maximum atomic E-state index is 6.12. The van der Waals surface area contributed by atoms with Crippen LogP contribution in [-0.2, 0) is 0 Å². The molecule has 2 nitrogen and oxygen atoms in total. The fourth-order valence-corrected chi connectivity index (χ4v) is 2.72. The molecule has 0 N–H and O–H groups in total. The van der Waals surface area contributed by atoms with E-state index in [1.807, 2.05) is 12.1 Å². The fourth-order valence-electron chi connectivity index (χ4n) is 2.72. The number of furan rings is 1. The Morgan fingerprint density at radius 3 is 2.43 bits per heavy atom. The second-order valence-corrected chi connectivity index (χ2v) is 5.46. The van der Waals surface area contributed by atoms with E-state index in [1.54, 1.807) is 0 Å². The van der Waals surface area contributed by atoms with Gasteiger partial charge in [-0.2, -0.15) is 0 Å². The standard InChI is InChI=1S/C19H20NO/c1-5-17(20(4)13(2)3)16-11-8-10-15-14-9-6-7-12-18(14)21-19(15)16/h5-12H,1-4H3/q+1. The van der Waals surface area contributed by atoms with Crippen LogP contribution in [0, 0.1) is 0 Å². The van der Waals surface area contributed by atoms with Gasteiger partial charge in [0.05, 0.1) is 5.56 Å². The first kappa shape index (κ1) is 13.6. The Morgan fingerprint density at radius 1 is 1.00 bits per heavy atom. The molecule has 0 fully saturated rings. The highest BCUT2D eigenvalue weighted by Gasteiger charge is 2.18. The molecular formula is C19H20NO+. The third-order valence-electron chi connectivity index (χ3n) is 3.99. The normalized spacial score (nSPS) is 12.1. The van der Waals surface area contributed by atoms with Crippen LogP contribution in [-0.4, -0.2) is 17.3 Å². The van der Waals surface area contributed by atoms with Crippen LogP contribution in [0.15, 0.2) is 53.0 Å². The number of hydrogen-bond acceptors (Lipinski definition) is 1. The van der Waals surface area contributed by atoms with Gasteiger partial charge in [-0.1, -0.05) is 30.3 Å². The van der Waals surface area contributed by atoms with Gasteiger partial charge in [-0.25, -0.2) is 4.58 Å². The zero-order valence-corrected chi connectivity index (χ0v) is 13.0. The molecule has 3 aromatic rings. The highest BCUT2D eigenvalue weighted by molar-refractivity contribution is 6.07. The molecule has 2 heteroatoms. The molecule has 21 heavy (non-hydrogen) atoms. The first-order valence-corrected chi connectivity index (χ1v) is 7.24. The summed E-state index contributed by atoms with van der Waals surface area (Å²) in [5.74, 6) is 0. The molecule has 0 aliphatic heterocycles. The average molecular weight is 278 g/mol. The minimum absolute atomic E-state index is 0.940. The molecule has 2 aromatic carbocycles. The van der Waals surface area contributed by atoms with Crippen LogP contribution in [0.25, 0.3) is 27.6 Å². The van der Waals surface area contributed by atoms with Crippen LogP contribution in [0.1, 0.15) is 26.3 Å². The van der Waals surface area contributed by atoms with Crippen molar-refractivity contribution in [2.24, 2.45) is 0 Å². The maximum Gasteiger partial charge on any atom is 0.211 e. The summed E-state index contributed by atoms with van der Waals surface area (Å²) in [4.78, 5) is 0. The molecule has 0 spiro atoms. The van der Waals surface area contributed by atoms with Crippen LogP contribution in [0.2, 0.25) is 0 Å². The largest absolute Gasteiger partial charge is 0.455 e. The minimum atomic E-state index is 0.940. The van der Waals surface area contributed by atoms with Crippen LogP contribution in [0.3, 0.4) is 0 Å². The maximum absolute atomic E-state index is 6.12. The fraction of sp³-hybridized carbons (Fsp3) is 0.211. The molecule has 0 amide bonds. The predicted octanol–water partition coefficient (Wildman–Crippen LogP) is 5.07. The highest BCUT2D eigenvalue weighted by Crippen LogP contribution is 2.33. The van der Waals surface area contributed by atoms with Crippen molar-refractivity contribution in [3.8, 4) is 0 Å². The molecule has 0 unspecified atom stereocenters. The number of benzene rings is 2. The number of rotatable bonds is 2. The van der Waals surface area contributed by atoms with Crippen molar-refractivity contribution in [3.63, 3.8) is 0 Å². The van der Waals surface area contributed by atoms with Crippen molar-refractivity contribution in [3.05, 3.63) is 54.1 Å². The van der Waals surface area contributed by atoms with Gasteiger partial charge in [-0.15, -0.1) is 0 Å². The molecule has 106 valence electrons. The summed E-state index contributed by atoms with van der Waals surface area (Å²) < 4.78 is 8.32. The monoisotopic (exact) mass is 278 g/mol. The van der Waals surface area contributed by atoms with E-state index in [9.17, 15) is 0 Å². The zero-order chi connectivity index (χ0) is 15.0. The van der Waals surface area contributed by atoms with Gasteiger partial charge in [-0.05, 0) is 25.1 Å². The Morgan fingerprint density at radius 2 is 1.71 bits per heavy atom. The van der Waals surface area contributed by atoms with Gasteiger partial charge in [-0.3, -0.25) is 0 Å². The van der Waals surface area contributed by atoms with E-state index in [0.29, 0.717) is 0 Å². The number of nitrogens with zero attached hydrogens (tertiary/aromatic N) is 1. The topological polar surface area (TPSA) is 16.1 Å². The van der Waals surface area contributed by atoms with Crippen LogP contribution >= 0.6 is 0 Å². The molecule has 0 saturated heterocycles. The first-order valence-electron chi connectivity index (χ1n) is 7.24. The molecule has 0 aliphatic carbocycles. The molecule has 1 aromatic heterocycles. The lowest BCUT2D eigenvalue weighted by Crippen LogP contribution is -2.10. The van der Waals surface area contributed by atoms with E-state index in [2.05, 4.69) is 68.8 Å². The number of para-hydroxylation sites is 2. The van der Waals surface area contributed by atoms with Crippen LogP contribution < -0.4 is 0 Å². The Labute approximate surface area is 125 Å². The van der Waals surface area contributed by atoms with E-state index in [-0.39, 0.29) is 0 Å². The molecule has 0 radical (unpaired) electrons. The Balaban J connectivity index is 2.36. The van der Waals surface area contributed by atoms with Crippen LogP contribution in [0.5, 0.6) is 0 Å². The summed E-state index contributed by atoms with van der Waals surface area (Å²) in [5.41, 5.74) is 5.45. The molecule has 0 atom stereocenters. The van der Waals surface area contributed by atoms with Gasteiger partial charge in [0.25, 0.3) is 0 Å². The third kappa shape index (κ3) is 2.17. The Hall–Kier alpha value is -2.35. The lowest BCUT2D eigenvalue weighted by atomic mass is 10.1. The SMILES string of the molecule is CC=C(c1cccc2c1oc1ccccc12)[N+](C)=C(C)C. The summed E-state index contributed by atoms with van der Waals surface area (Å²) in [6.45, 7) is 6.29. The van der Waals surface area contributed by atoms with Gasteiger partial charge in [0.2, 0.25) is 5.70 Å². The van der Waals surface area contributed by atoms with E-state index in [1.165, 1.54) is 22.2 Å². The lowest BCUT2D eigenvalue weighted by molar-refractivity contribution is -0.396. The van der Waals surface area contributed by atoms with Gasteiger partial charge < -0.3 is 4.42 Å². The minimum Gasteiger partial charge on any atom is -0.455 e. The first-order chi connectivity index (χ1) is 10.1. The Kier molecular flexibility index (Phi) is 3.38. The van der Waals surface area contributed by atoms with Gasteiger partial charge >= 0.3 is 0 Å². The summed E-state index contributed by atoms with van der Waals surface area (Å²) in [6.07, 6.45) is 2.13. The second kappa shape index (κ2) is 5.21. The van der Waals surface area contributed by atoms with Crippen molar-refractivity contribution in [2.75, 3.05) is 7.05 Å². The Bertz CT molecular complexity index is 877. The number of allylic oxidation sites excluding steroid dienone is 1. The summed E-state index contributed by atoms with van der Waals surface area (Å²) in [5, 5.41) is 2.34. The average Bonchev–Trinajstić information content (AvgIpc) is 2.87. The van der Waals surface area contributed by atoms with E-state index >= 15 is 0 Å². The van der Waals surface area contributed by atoms with Crippen molar-refractivity contribution in [2.45, 2.75) is 20.8 Å². The van der Waals surface area contributed by atoms with E-state index in [0.717, 1.165) is 16.7 Å². The van der Waals surface area contributed by atoms with Gasteiger partial charge in [0, 0.05) is 24.6 Å². The van der Waals surface area contributed by atoms with Crippen molar-refractivity contribution in [1.29, 1.82) is 0 Å². The number of hydrogen-bond donors (Lipinski definition) is 0. The lowest BCUT2D eigenvalue weighted by Gasteiger charge is -2.05. The molecule has 3 rings (SSSR count). The molecule has 1 heterocycles. The van der Waals surface area contributed by atoms with Crippen molar-refractivity contribution >= 4 is 33.3 Å². The summed E-state index contributed by atoms with van der Waals surface area (Å²) in [6, 6.07) is 14.5. The van der Waals surface area contributed by atoms with Crippen LogP contribution in [0.4, 0.5) is 0 Å². The zero-order valence-electron chi connectivity index (χ0n) is 13.0. The second-order valence-electron chi connectivity index (χ2n) is 5.46. The summed E-state index contributed by atoms with van der Waals surface area (Å²) in [7, 11) is 2.09. The van der Waals surface area contributed by atoms with E-state index < -0.39 is 0 Å². The summed E-state index contributed by atoms with van der Waals surface area (Å²) >= 11 is 0. The molecular weight excluding hydrogens is 258 g/mol. The smallest absolute Gasteiger partial charge is 0.211 e. The van der Waals surface area contributed by atoms with Crippen molar-refractivity contribution < 1.29 is 8.99 Å². The van der Waals surface area contributed by atoms with E-state index in [4.69, 9.17) is 4.42 Å². The number of fused-ring (bicyclic) bond motifs is 3.